The normalized spacial score (nSPS) is 34.1. The Morgan fingerprint density at radius 1 is 1.16 bits per heavy atom. The third-order valence-corrected chi connectivity index (χ3v) is 5.02. The van der Waals surface area contributed by atoms with Gasteiger partial charge in [0, 0.05) is 38.3 Å². The largest absolute Gasteiger partial charge is 0.378 e. The molecule has 0 amide bonds. The summed E-state index contributed by atoms with van der Waals surface area (Å²) in [5.41, 5.74) is 0.341. The van der Waals surface area contributed by atoms with Crippen LogP contribution in [0, 0.1) is 5.92 Å². The van der Waals surface area contributed by atoms with Crippen LogP contribution in [0.2, 0.25) is 0 Å². The highest BCUT2D eigenvalue weighted by Gasteiger charge is 2.31. The van der Waals surface area contributed by atoms with Crippen LogP contribution in [-0.4, -0.2) is 73.9 Å². The molecule has 3 aliphatic heterocycles. The van der Waals surface area contributed by atoms with Crippen molar-refractivity contribution in [2.75, 3.05) is 52.5 Å². The Balaban J connectivity index is 1.41. The molecular formula is C15H29N3O. The van der Waals surface area contributed by atoms with Gasteiger partial charge in [-0.25, -0.2) is 0 Å². The van der Waals surface area contributed by atoms with Gasteiger partial charge < -0.3 is 15.0 Å². The fraction of sp³-hybridized carbons (Fsp3) is 1.00. The molecule has 1 atom stereocenters. The van der Waals surface area contributed by atoms with Crippen molar-refractivity contribution in [3.63, 3.8) is 0 Å². The standard InChI is InChI=1S/C15H29N3O/c1-15(2)9-13(3-4-16-15)10-17-5-7-18(8-6-17)14-11-19-12-14/h13-14,16H,3-12H2,1-2H3. The minimum Gasteiger partial charge on any atom is -0.378 e. The Kier molecular flexibility index (Phi) is 4.13. The quantitative estimate of drug-likeness (QED) is 0.818. The fourth-order valence-electron chi connectivity index (χ4n) is 3.78. The minimum absolute atomic E-state index is 0.341. The van der Waals surface area contributed by atoms with Crippen molar-refractivity contribution < 1.29 is 4.74 Å². The second kappa shape index (κ2) is 5.68. The molecule has 0 bridgehead atoms. The van der Waals surface area contributed by atoms with Gasteiger partial charge >= 0.3 is 0 Å². The molecule has 3 saturated heterocycles. The highest BCUT2D eigenvalue weighted by molar-refractivity contribution is 4.88. The Morgan fingerprint density at radius 2 is 1.89 bits per heavy atom. The van der Waals surface area contributed by atoms with Gasteiger partial charge in [0.15, 0.2) is 0 Å². The Hall–Kier alpha value is -0.160. The van der Waals surface area contributed by atoms with E-state index in [0.29, 0.717) is 5.54 Å². The van der Waals surface area contributed by atoms with Crippen molar-refractivity contribution in [2.45, 2.75) is 38.3 Å². The molecule has 3 fully saturated rings. The zero-order valence-electron chi connectivity index (χ0n) is 12.5. The van der Waals surface area contributed by atoms with Gasteiger partial charge in [-0.05, 0) is 39.2 Å². The third kappa shape index (κ3) is 3.48. The number of piperidine rings is 1. The summed E-state index contributed by atoms with van der Waals surface area (Å²) in [5.74, 6) is 0.884. The highest BCUT2D eigenvalue weighted by Crippen LogP contribution is 2.25. The van der Waals surface area contributed by atoms with Gasteiger partial charge in [0.2, 0.25) is 0 Å². The average molecular weight is 267 g/mol. The van der Waals surface area contributed by atoms with Crippen LogP contribution in [0.1, 0.15) is 26.7 Å². The highest BCUT2D eigenvalue weighted by atomic mass is 16.5. The van der Waals surface area contributed by atoms with Crippen LogP contribution in [0.5, 0.6) is 0 Å². The van der Waals surface area contributed by atoms with E-state index in [2.05, 4.69) is 29.0 Å². The van der Waals surface area contributed by atoms with Crippen molar-refractivity contribution in [1.82, 2.24) is 15.1 Å². The molecular weight excluding hydrogens is 238 g/mol. The molecule has 110 valence electrons. The number of hydrogen-bond donors (Lipinski definition) is 1. The topological polar surface area (TPSA) is 27.7 Å². The molecule has 19 heavy (non-hydrogen) atoms. The number of nitrogens with one attached hydrogen (secondary N) is 1. The molecule has 0 aromatic carbocycles. The SMILES string of the molecule is CC1(C)CC(CN2CCN(C3COC3)CC2)CCN1. The molecule has 0 aromatic heterocycles. The molecule has 4 nitrogen and oxygen atoms in total. The number of hydrogen-bond acceptors (Lipinski definition) is 4. The van der Waals surface area contributed by atoms with Gasteiger partial charge in [-0.3, -0.25) is 4.90 Å². The lowest BCUT2D eigenvalue weighted by atomic mass is 9.84. The van der Waals surface area contributed by atoms with E-state index >= 15 is 0 Å². The van der Waals surface area contributed by atoms with E-state index in [-0.39, 0.29) is 0 Å². The van der Waals surface area contributed by atoms with Crippen molar-refractivity contribution in [3.8, 4) is 0 Å². The van der Waals surface area contributed by atoms with E-state index in [1.54, 1.807) is 0 Å². The van der Waals surface area contributed by atoms with Crippen molar-refractivity contribution >= 4 is 0 Å². The molecule has 0 aromatic rings. The van der Waals surface area contributed by atoms with Crippen molar-refractivity contribution in [1.29, 1.82) is 0 Å². The lowest BCUT2D eigenvalue weighted by Crippen LogP contribution is -2.57. The predicted molar refractivity (Wildman–Crippen MR) is 77.4 cm³/mol. The summed E-state index contributed by atoms with van der Waals surface area (Å²) in [6.45, 7) is 14.1. The zero-order chi connectivity index (χ0) is 13.3. The second-order valence-corrected chi connectivity index (χ2v) is 7.20. The molecule has 3 rings (SSSR count). The fourth-order valence-corrected chi connectivity index (χ4v) is 3.78. The summed E-state index contributed by atoms with van der Waals surface area (Å²) in [5, 5.41) is 3.62. The monoisotopic (exact) mass is 267 g/mol. The summed E-state index contributed by atoms with van der Waals surface area (Å²) < 4.78 is 5.30. The number of rotatable bonds is 3. The minimum atomic E-state index is 0.341. The van der Waals surface area contributed by atoms with Gasteiger partial charge in [-0.1, -0.05) is 0 Å². The van der Waals surface area contributed by atoms with Crippen LogP contribution in [0.15, 0.2) is 0 Å². The molecule has 0 saturated carbocycles. The first-order chi connectivity index (χ1) is 9.12. The number of nitrogens with zero attached hydrogens (tertiary/aromatic N) is 2. The maximum absolute atomic E-state index is 5.30. The van der Waals surface area contributed by atoms with Crippen LogP contribution < -0.4 is 5.32 Å². The van der Waals surface area contributed by atoms with E-state index in [0.717, 1.165) is 25.2 Å². The van der Waals surface area contributed by atoms with Gasteiger partial charge in [0.05, 0.1) is 19.3 Å². The molecule has 3 heterocycles. The number of piperazine rings is 1. The summed E-state index contributed by atoms with van der Waals surface area (Å²) in [6.07, 6.45) is 2.67. The summed E-state index contributed by atoms with van der Waals surface area (Å²) >= 11 is 0. The average Bonchev–Trinajstić information content (AvgIpc) is 2.28. The van der Waals surface area contributed by atoms with E-state index < -0.39 is 0 Å². The lowest BCUT2D eigenvalue weighted by Gasteiger charge is -2.44. The zero-order valence-corrected chi connectivity index (χ0v) is 12.5. The van der Waals surface area contributed by atoms with E-state index in [1.807, 2.05) is 0 Å². The smallest absolute Gasteiger partial charge is 0.0645 e. The first-order valence-electron chi connectivity index (χ1n) is 7.92. The Morgan fingerprint density at radius 3 is 2.47 bits per heavy atom. The van der Waals surface area contributed by atoms with Crippen LogP contribution in [0.25, 0.3) is 0 Å². The van der Waals surface area contributed by atoms with Crippen molar-refractivity contribution in [2.24, 2.45) is 5.92 Å². The molecule has 3 aliphatic rings. The third-order valence-electron chi connectivity index (χ3n) is 5.02. The second-order valence-electron chi connectivity index (χ2n) is 7.20. The maximum Gasteiger partial charge on any atom is 0.0645 e. The van der Waals surface area contributed by atoms with E-state index in [4.69, 9.17) is 4.74 Å². The van der Waals surface area contributed by atoms with Gasteiger partial charge in [0.25, 0.3) is 0 Å². The molecule has 0 radical (unpaired) electrons. The van der Waals surface area contributed by atoms with Crippen LogP contribution in [-0.2, 0) is 4.74 Å². The van der Waals surface area contributed by atoms with E-state index in [1.165, 1.54) is 52.1 Å². The van der Waals surface area contributed by atoms with Crippen LogP contribution in [0.4, 0.5) is 0 Å². The Bertz CT molecular complexity index is 296. The molecule has 1 N–H and O–H groups in total. The summed E-state index contributed by atoms with van der Waals surface area (Å²) in [7, 11) is 0. The van der Waals surface area contributed by atoms with Crippen LogP contribution in [0.3, 0.4) is 0 Å². The molecule has 0 aliphatic carbocycles. The van der Waals surface area contributed by atoms with Gasteiger partial charge in [0.1, 0.15) is 0 Å². The van der Waals surface area contributed by atoms with Gasteiger partial charge in [-0.2, -0.15) is 0 Å². The molecule has 1 unspecified atom stereocenters. The lowest BCUT2D eigenvalue weighted by molar-refractivity contribution is -0.0780. The predicted octanol–water partition coefficient (Wildman–Crippen LogP) is 0.781. The first kappa shape index (κ1) is 13.8. The maximum atomic E-state index is 5.30. The first-order valence-corrected chi connectivity index (χ1v) is 7.92. The summed E-state index contributed by atoms with van der Waals surface area (Å²) in [4.78, 5) is 5.30. The molecule has 4 heteroatoms. The van der Waals surface area contributed by atoms with E-state index in [9.17, 15) is 0 Å². The van der Waals surface area contributed by atoms with Crippen molar-refractivity contribution in [3.05, 3.63) is 0 Å². The van der Waals surface area contributed by atoms with Crippen LogP contribution >= 0.6 is 0 Å². The number of ether oxygens (including phenoxy) is 1. The Labute approximate surface area is 117 Å². The molecule has 0 spiro atoms. The summed E-state index contributed by atoms with van der Waals surface area (Å²) in [6, 6.07) is 0.722. The van der Waals surface area contributed by atoms with Gasteiger partial charge in [-0.15, -0.1) is 0 Å².